The minimum absolute atomic E-state index is 0.0261. The molecule has 2 N–H and O–H groups in total. The van der Waals surface area contributed by atoms with Crippen LogP contribution in [0.3, 0.4) is 0 Å². The van der Waals surface area contributed by atoms with E-state index in [2.05, 4.69) is 14.9 Å². The molecule has 1 atom stereocenters. The van der Waals surface area contributed by atoms with E-state index < -0.39 is 15.3 Å². The number of carbonyl (C=O) groups excluding carboxylic acids is 1. The number of amides is 1. The van der Waals surface area contributed by atoms with Gasteiger partial charge in [-0.3, -0.25) is 4.79 Å². The zero-order chi connectivity index (χ0) is 23.1. The number of carbonyl (C=O) groups is 1. The van der Waals surface area contributed by atoms with Gasteiger partial charge in [0.1, 0.15) is 5.25 Å². The quantitative estimate of drug-likeness (QED) is 0.597. The standard InChI is InChI=1S/C25H35N3O3S/c1-19(2)17-25(22-7-5-4-6-8-22)32(30,31)26-18-21-9-11-24(12-10-21)28-15-13-23(14-16-28)27-20(3)29/h4-12,19,23,25-26H,13-18H2,1-3H3,(H,27,29). The van der Waals surface area contributed by atoms with E-state index in [4.69, 9.17) is 0 Å². The molecule has 1 heterocycles. The van der Waals surface area contributed by atoms with Gasteiger partial charge in [0.25, 0.3) is 0 Å². The van der Waals surface area contributed by atoms with Crippen LogP contribution in [0.2, 0.25) is 0 Å². The first-order valence-corrected chi connectivity index (χ1v) is 12.9. The van der Waals surface area contributed by atoms with Gasteiger partial charge in [0.2, 0.25) is 15.9 Å². The Labute approximate surface area is 192 Å². The molecule has 0 aromatic heterocycles. The summed E-state index contributed by atoms with van der Waals surface area (Å²) < 4.78 is 29.0. The number of piperidine rings is 1. The number of hydrogen-bond donors (Lipinski definition) is 2. The topological polar surface area (TPSA) is 78.5 Å². The fourth-order valence-electron chi connectivity index (χ4n) is 4.22. The van der Waals surface area contributed by atoms with Crippen molar-refractivity contribution in [3.8, 4) is 0 Å². The highest BCUT2D eigenvalue weighted by Gasteiger charge is 2.27. The van der Waals surface area contributed by atoms with Crippen LogP contribution in [0.15, 0.2) is 54.6 Å². The summed E-state index contributed by atoms with van der Waals surface area (Å²) in [5, 5.41) is 2.43. The van der Waals surface area contributed by atoms with Crippen molar-refractivity contribution >= 4 is 21.6 Å². The summed E-state index contributed by atoms with van der Waals surface area (Å²) in [6, 6.07) is 17.8. The van der Waals surface area contributed by atoms with Gasteiger partial charge in [-0.05, 0) is 48.4 Å². The number of rotatable bonds is 9. The fourth-order valence-corrected chi connectivity index (χ4v) is 5.94. The van der Waals surface area contributed by atoms with Gasteiger partial charge >= 0.3 is 0 Å². The van der Waals surface area contributed by atoms with Crippen molar-refractivity contribution in [1.29, 1.82) is 0 Å². The monoisotopic (exact) mass is 457 g/mol. The van der Waals surface area contributed by atoms with Crippen molar-refractivity contribution < 1.29 is 13.2 Å². The van der Waals surface area contributed by atoms with Gasteiger partial charge < -0.3 is 10.2 Å². The highest BCUT2D eigenvalue weighted by atomic mass is 32.2. The molecule has 1 aliphatic heterocycles. The van der Waals surface area contributed by atoms with Gasteiger partial charge in [0.05, 0.1) is 0 Å². The third-order valence-corrected chi connectivity index (χ3v) is 7.67. The predicted molar refractivity (Wildman–Crippen MR) is 130 cm³/mol. The molecule has 0 bridgehead atoms. The predicted octanol–water partition coefficient (Wildman–Crippen LogP) is 4.00. The van der Waals surface area contributed by atoms with E-state index in [0.717, 1.165) is 42.7 Å². The molecule has 1 aliphatic rings. The van der Waals surface area contributed by atoms with E-state index in [9.17, 15) is 13.2 Å². The smallest absolute Gasteiger partial charge is 0.218 e. The van der Waals surface area contributed by atoms with E-state index in [-0.39, 0.29) is 24.4 Å². The number of sulfonamides is 1. The zero-order valence-electron chi connectivity index (χ0n) is 19.3. The summed E-state index contributed by atoms with van der Waals surface area (Å²) in [7, 11) is -3.51. The molecule has 174 valence electrons. The van der Waals surface area contributed by atoms with Crippen molar-refractivity contribution in [2.45, 2.75) is 57.9 Å². The van der Waals surface area contributed by atoms with E-state index in [1.54, 1.807) is 6.92 Å². The van der Waals surface area contributed by atoms with Gasteiger partial charge in [-0.1, -0.05) is 56.3 Å². The molecule has 1 fully saturated rings. The van der Waals surface area contributed by atoms with E-state index >= 15 is 0 Å². The summed E-state index contributed by atoms with van der Waals surface area (Å²) in [6.07, 6.45) is 2.43. The Hall–Kier alpha value is -2.38. The molecular weight excluding hydrogens is 422 g/mol. The summed E-state index contributed by atoms with van der Waals surface area (Å²) >= 11 is 0. The van der Waals surface area contributed by atoms with Crippen molar-refractivity contribution in [2.75, 3.05) is 18.0 Å². The lowest BCUT2D eigenvalue weighted by molar-refractivity contribution is -0.119. The maximum absolute atomic E-state index is 13.1. The lowest BCUT2D eigenvalue weighted by Crippen LogP contribution is -2.44. The summed E-state index contributed by atoms with van der Waals surface area (Å²) in [4.78, 5) is 13.5. The lowest BCUT2D eigenvalue weighted by Gasteiger charge is -2.33. The van der Waals surface area contributed by atoms with Crippen molar-refractivity contribution in [2.24, 2.45) is 5.92 Å². The molecule has 32 heavy (non-hydrogen) atoms. The van der Waals surface area contributed by atoms with Gasteiger partial charge in [-0.15, -0.1) is 0 Å². The van der Waals surface area contributed by atoms with Crippen LogP contribution >= 0.6 is 0 Å². The number of anilines is 1. The number of nitrogens with zero attached hydrogens (tertiary/aromatic N) is 1. The minimum Gasteiger partial charge on any atom is -0.371 e. The van der Waals surface area contributed by atoms with Crippen molar-refractivity contribution in [1.82, 2.24) is 10.0 Å². The Balaban J connectivity index is 1.60. The number of nitrogens with one attached hydrogen (secondary N) is 2. The number of hydrogen-bond acceptors (Lipinski definition) is 4. The molecule has 1 amide bonds. The summed E-state index contributed by atoms with van der Waals surface area (Å²) in [6.45, 7) is 7.71. The Morgan fingerprint density at radius 3 is 2.22 bits per heavy atom. The summed E-state index contributed by atoms with van der Waals surface area (Å²) in [5.41, 5.74) is 2.88. The van der Waals surface area contributed by atoms with Crippen LogP contribution in [0.25, 0.3) is 0 Å². The second kappa shape index (κ2) is 11.0. The first-order valence-electron chi connectivity index (χ1n) is 11.4. The van der Waals surface area contributed by atoms with Crippen LogP contribution in [-0.4, -0.2) is 33.5 Å². The van der Waals surface area contributed by atoms with E-state index in [1.165, 1.54) is 0 Å². The third-order valence-electron chi connectivity index (χ3n) is 5.91. The Kier molecular flexibility index (Phi) is 8.32. The molecule has 0 radical (unpaired) electrons. The van der Waals surface area contributed by atoms with Crippen LogP contribution in [0.5, 0.6) is 0 Å². The molecule has 3 rings (SSSR count). The maximum atomic E-state index is 13.1. The van der Waals surface area contributed by atoms with Gasteiger partial charge in [-0.2, -0.15) is 0 Å². The van der Waals surface area contributed by atoms with Gasteiger partial charge in [0, 0.05) is 38.3 Å². The Morgan fingerprint density at radius 1 is 1.03 bits per heavy atom. The molecular formula is C25H35N3O3S. The van der Waals surface area contributed by atoms with Crippen LogP contribution in [0.4, 0.5) is 5.69 Å². The Morgan fingerprint density at radius 2 is 1.66 bits per heavy atom. The Bertz CT molecular complexity index is 967. The molecule has 1 saturated heterocycles. The molecule has 2 aromatic rings. The summed E-state index contributed by atoms with van der Waals surface area (Å²) in [5.74, 6) is 0.295. The molecule has 0 aliphatic carbocycles. The SMILES string of the molecule is CC(=O)NC1CCN(c2ccc(CNS(=O)(=O)C(CC(C)C)c3ccccc3)cc2)CC1. The molecule has 0 spiro atoms. The molecule has 7 heteroatoms. The first kappa shape index (κ1) is 24.3. The maximum Gasteiger partial charge on any atom is 0.218 e. The lowest BCUT2D eigenvalue weighted by atomic mass is 10.0. The van der Waals surface area contributed by atoms with Crippen molar-refractivity contribution in [3.63, 3.8) is 0 Å². The minimum atomic E-state index is -3.51. The van der Waals surface area contributed by atoms with Crippen molar-refractivity contribution in [3.05, 3.63) is 65.7 Å². The fraction of sp³-hybridized carbons (Fsp3) is 0.480. The largest absolute Gasteiger partial charge is 0.371 e. The average molecular weight is 458 g/mol. The molecule has 0 saturated carbocycles. The second-order valence-electron chi connectivity index (χ2n) is 9.02. The molecule has 1 unspecified atom stereocenters. The average Bonchev–Trinajstić information content (AvgIpc) is 2.77. The normalized spacial score (nSPS) is 16.2. The first-order chi connectivity index (χ1) is 15.2. The van der Waals surface area contributed by atoms with Crippen LogP contribution in [0.1, 0.15) is 56.4 Å². The van der Waals surface area contributed by atoms with Crippen LogP contribution < -0.4 is 14.9 Å². The van der Waals surface area contributed by atoms with Gasteiger partial charge in [0.15, 0.2) is 0 Å². The third kappa shape index (κ3) is 6.81. The van der Waals surface area contributed by atoms with E-state index in [0.29, 0.717) is 6.42 Å². The van der Waals surface area contributed by atoms with Crippen LogP contribution in [0, 0.1) is 5.92 Å². The highest BCUT2D eigenvalue weighted by molar-refractivity contribution is 7.89. The second-order valence-corrected chi connectivity index (χ2v) is 11.0. The molecule has 6 nitrogen and oxygen atoms in total. The zero-order valence-corrected chi connectivity index (χ0v) is 20.1. The van der Waals surface area contributed by atoms with Gasteiger partial charge in [-0.25, -0.2) is 13.1 Å². The van der Waals surface area contributed by atoms with Crippen LogP contribution in [-0.2, 0) is 21.4 Å². The van der Waals surface area contributed by atoms with E-state index in [1.807, 2.05) is 68.4 Å². The highest BCUT2D eigenvalue weighted by Crippen LogP contribution is 2.29. The molecule has 2 aromatic carbocycles. The number of benzene rings is 2.